The first-order valence-corrected chi connectivity index (χ1v) is 7.43. The number of methoxy groups -OCH3 is 1. The fourth-order valence-electron chi connectivity index (χ4n) is 2.08. The van der Waals surface area contributed by atoms with E-state index in [-0.39, 0.29) is 5.75 Å². The molecule has 0 saturated carbocycles. The van der Waals surface area contributed by atoms with Crippen LogP contribution in [-0.2, 0) is 13.0 Å². The highest BCUT2D eigenvalue weighted by molar-refractivity contribution is 5.79. The van der Waals surface area contributed by atoms with Gasteiger partial charge >= 0.3 is 0 Å². The molecule has 2 aromatic rings. The average Bonchev–Trinajstić information content (AvgIpc) is 2.60. The van der Waals surface area contributed by atoms with Gasteiger partial charge in [-0.25, -0.2) is 0 Å². The maximum absolute atomic E-state index is 9.88. The lowest BCUT2D eigenvalue weighted by Gasteiger charge is -2.13. The molecule has 0 radical (unpaired) electrons. The van der Waals surface area contributed by atoms with Crippen LogP contribution in [0.3, 0.4) is 0 Å². The summed E-state index contributed by atoms with van der Waals surface area (Å²) in [6, 6.07) is 11.0. The quantitative estimate of drug-likeness (QED) is 0.559. The smallest absolute Gasteiger partial charge is 0.191 e. The van der Waals surface area contributed by atoms with Gasteiger partial charge in [0.25, 0.3) is 0 Å². The van der Waals surface area contributed by atoms with Gasteiger partial charge in [-0.15, -0.1) is 0 Å². The molecule has 0 atom stereocenters. The number of hydrogen-bond donors (Lipinski definition) is 3. The second-order valence-corrected chi connectivity index (χ2v) is 4.92. The fraction of sp³-hybridized carbons (Fsp3) is 0.294. The first-order valence-electron chi connectivity index (χ1n) is 7.43. The Morgan fingerprint density at radius 2 is 2.13 bits per heavy atom. The Hall–Kier alpha value is -2.76. The molecule has 0 amide bonds. The standard InChI is InChI=1S/C17H22N4O2/c1-18-17(20-10-8-14-5-3-4-9-19-14)21-12-13-11-15(23-2)6-7-16(13)22/h3-7,9,11,22H,8,10,12H2,1-2H3,(H2,18,20,21). The van der Waals surface area contributed by atoms with Crippen molar-refractivity contribution in [3.63, 3.8) is 0 Å². The molecule has 0 aliphatic carbocycles. The Morgan fingerprint density at radius 1 is 1.26 bits per heavy atom. The lowest BCUT2D eigenvalue weighted by Crippen LogP contribution is -2.37. The van der Waals surface area contributed by atoms with E-state index < -0.39 is 0 Å². The molecule has 0 spiro atoms. The molecule has 1 heterocycles. The molecule has 0 fully saturated rings. The minimum Gasteiger partial charge on any atom is -0.508 e. The van der Waals surface area contributed by atoms with E-state index in [2.05, 4.69) is 20.6 Å². The summed E-state index contributed by atoms with van der Waals surface area (Å²) in [5, 5.41) is 16.3. The van der Waals surface area contributed by atoms with Crippen LogP contribution in [0.25, 0.3) is 0 Å². The van der Waals surface area contributed by atoms with Gasteiger partial charge in [0.15, 0.2) is 5.96 Å². The number of hydrogen-bond acceptors (Lipinski definition) is 4. The summed E-state index contributed by atoms with van der Waals surface area (Å²) in [7, 11) is 3.31. The summed E-state index contributed by atoms with van der Waals surface area (Å²) in [4.78, 5) is 8.45. The van der Waals surface area contributed by atoms with Crippen LogP contribution in [0.5, 0.6) is 11.5 Å². The number of nitrogens with one attached hydrogen (secondary N) is 2. The van der Waals surface area contributed by atoms with Crippen molar-refractivity contribution in [2.75, 3.05) is 20.7 Å². The molecule has 1 aromatic carbocycles. The van der Waals surface area contributed by atoms with Gasteiger partial charge in [0, 0.05) is 44.0 Å². The maximum atomic E-state index is 9.88. The van der Waals surface area contributed by atoms with Crippen molar-refractivity contribution in [1.29, 1.82) is 0 Å². The van der Waals surface area contributed by atoms with Crippen LogP contribution in [0, 0.1) is 0 Å². The summed E-state index contributed by atoms with van der Waals surface area (Å²) >= 11 is 0. The van der Waals surface area contributed by atoms with Gasteiger partial charge in [0.2, 0.25) is 0 Å². The summed E-state index contributed by atoms with van der Waals surface area (Å²) in [5.74, 6) is 1.60. The maximum Gasteiger partial charge on any atom is 0.191 e. The van der Waals surface area contributed by atoms with Crippen molar-refractivity contribution >= 4 is 5.96 Å². The molecule has 0 unspecified atom stereocenters. The van der Waals surface area contributed by atoms with Crippen molar-refractivity contribution in [2.24, 2.45) is 4.99 Å². The number of phenolic OH excluding ortho intramolecular Hbond substituents is 1. The van der Waals surface area contributed by atoms with E-state index in [1.165, 1.54) is 0 Å². The molecular formula is C17H22N4O2. The first kappa shape index (κ1) is 16.6. The van der Waals surface area contributed by atoms with Crippen LogP contribution < -0.4 is 15.4 Å². The van der Waals surface area contributed by atoms with Gasteiger partial charge in [-0.1, -0.05) is 6.07 Å². The van der Waals surface area contributed by atoms with Crippen molar-refractivity contribution in [3.05, 3.63) is 53.9 Å². The number of nitrogens with zero attached hydrogens (tertiary/aromatic N) is 2. The van der Waals surface area contributed by atoms with E-state index in [0.717, 1.165) is 24.2 Å². The van der Waals surface area contributed by atoms with Crippen molar-refractivity contribution in [1.82, 2.24) is 15.6 Å². The number of aliphatic imine (C=N–C) groups is 1. The molecule has 0 aliphatic heterocycles. The largest absolute Gasteiger partial charge is 0.508 e. The number of ether oxygens (including phenoxy) is 1. The fourth-order valence-corrected chi connectivity index (χ4v) is 2.08. The van der Waals surface area contributed by atoms with Gasteiger partial charge in [0.1, 0.15) is 11.5 Å². The molecule has 3 N–H and O–H groups in total. The van der Waals surface area contributed by atoms with Gasteiger partial charge in [-0.3, -0.25) is 9.98 Å². The highest BCUT2D eigenvalue weighted by atomic mass is 16.5. The van der Waals surface area contributed by atoms with Crippen LogP contribution in [0.1, 0.15) is 11.3 Å². The Morgan fingerprint density at radius 3 is 2.83 bits per heavy atom. The van der Waals surface area contributed by atoms with Crippen LogP contribution in [0.15, 0.2) is 47.6 Å². The normalized spacial score (nSPS) is 11.1. The summed E-state index contributed by atoms with van der Waals surface area (Å²) < 4.78 is 5.17. The number of aromatic nitrogens is 1. The first-order chi connectivity index (χ1) is 11.2. The van der Waals surface area contributed by atoms with Gasteiger partial charge in [-0.2, -0.15) is 0 Å². The number of guanidine groups is 1. The lowest BCUT2D eigenvalue weighted by atomic mass is 10.2. The van der Waals surface area contributed by atoms with Gasteiger partial charge < -0.3 is 20.5 Å². The SMILES string of the molecule is CN=C(NCCc1ccccn1)NCc1cc(OC)ccc1O. The second-order valence-electron chi connectivity index (χ2n) is 4.92. The van der Waals surface area contributed by atoms with Crippen molar-refractivity contribution in [3.8, 4) is 11.5 Å². The number of benzene rings is 1. The molecule has 0 saturated heterocycles. The molecule has 0 aliphatic rings. The van der Waals surface area contributed by atoms with E-state index >= 15 is 0 Å². The average molecular weight is 314 g/mol. The van der Waals surface area contributed by atoms with E-state index in [9.17, 15) is 5.11 Å². The van der Waals surface area contributed by atoms with Crippen molar-refractivity contribution < 1.29 is 9.84 Å². The topological polar surface area (TPSA) is 78.8 Å². The Kier molecular flexibility index (Phi) is 6.23. The van der Waals surface area contributed by atoms with Crippen LogP contribution in [0.2, 0.25) is 0 Å². The molecule has 1 aromatic heterocycles. The number of phenols is 1. The predicted octanol–water partition coefficient (Wildman–Crippen LogP) is 1.70. The molecule has 23 heavy (non-hydrogen) atoms. The number of aromatic hydroxyl groups is 1. The summed E-state index contributed by atoms with van der Waals surface area (Å²) in [6.07, 6.45) is 2.60. The van der Waals surface area contributed by atoms with E-state index in [1.807, 2.05) is 18.2 Å². The highest BCUT2D eigenvalue weighted by Gasteiger charge is 2.05. The third-order valence-electron chi connectivity index (χ3n) is 3.36. The predicted molar refractivity (Wildman–Crippen MR) is 90.8 cm³/mol. The Bertz CT molecular complexity index is 644. The van der Waals surface area contributed by atoms with E-state index in [0.29, 0.717) is 18.3 Å². The number of rotatable bonds is 6. The van der Waals surface area contributed by atoms with Gasteiger partial charge in [-0.05, 0) is 30.3 Å². The summed E-state index contributed by atoms with van der Waals surface area (Å²) in [5.41, 5.74) is 1.78. The minimum absolute atomic E-state index is 0.224. The third kappa shape index (κ3) is 5.18. The van der Waals surface area contributed by atoms with Crippen LogP contribution in [-0.4, -0.2) is 36.8 Å². The Balaban J connectivity index is 1.83. The van der Waals surface area contributed by atoms with Crippen LogP contribution >= 0.6 is 0 Å². The zero-order chi connectivity index (χ0) is 16.5. The zero-order valence-corrected chi connectivity index (χ0v) is 13.4. The summed E-state index contributed by atoms with van der Waals surface area (Å²) in [6.45, 7) is 1.17. The highest BCUT2D eigenvalue weighted by Crippen LogP contribution is 2.22. The van der Waals surface area contributed by atoms with E-state index in [1.54, 1.807) is 38.6 Å². The number of pyridine rings is 1. The monoisotopic (exact) mass is 314 g/mol. The molecular weight excluding hydrogens is 292 g/mol. The molecule has 0 bridgehead atoms. The van der Waals surface area contributed by atoms with E-state index in [4.69, 9.17) is 4.74 Å². The van der Waals surface area contributed by atoms with Gasteiger partial charge in [0.05, 0.1) is 7.11 Å². The molecule has 122 valence electrons. The second kappa shape index (κ2) is 8.63. The zero-order valence-electron chi connectivity index (χ0n) is 13.4. The minimum atomic E-state index is 0.224. The Labute approximate surface area is 136 Å². The molecule has 6 nitrogen and oxygen atoms in total. The van der Waals surface area contributed by atoms with Crippen molar-refractivity contribution in [2.45, 2.75) is 13.0 Å². The van der Waals surface area contributed by atoms with Crippen LogP contribution in [0.4, 0.5) is 0 Å². The lowest BCUT2D eigenvalue weighted by molar-refractivity contribution is 0.410. The third-order valence-corrected chi connectivity index (χ3v) is 3.36. The molecule has 6 heteroatoms. The molecule has 2 rings (SSSR count).